The second-order valence-corrected chi connectivity index (χ2v) is 8.04. The third-order valence-corrected chi connectivity index (χ3v) is 6.17. The number of fused-ring (bicyclic) bond motifs is 1. The molecule has 2 aromatic heterocycles. The van der Waals surface area contributed by atoms with E-state index in [-0.39, 0.29) is 0 Å². The zero-order valence-electron chi connectivity index (χ0n) is 18.8. The molecule has 164 valence electrons. The number of aromatic nitrogens is 4. The molecule has 0 amide bonds. The number of hydrogen-bond acceptors (Lipinski definition) is 6. The van der Waals surface area contributed by atoms with E-state index in [1.54, 1.807) is 7.11 Å². The highest BCUT2D eigenvalue weighted by Gasteiger charge is 2.24. The van der Waals surface area contributed by atoms with Crippen LogP contribution in [0, 0.1) is 6.92 Å². The molecule has 7 heteroatoms. The zero-order valence-corrected chi connectivity index (χ0v) is 18.8. The summed E-state index contributed by atoms with van der Waals surface area (Å²) in [7, 11) is 1.70. The first-order valence-corrected chi connectivity index (χ1v) is 11.1. The predicted octanol–water partition coefficient (Wildman–Crippen LogP) is 4.00. The van der Waals surface area contributed by atoms with E-state index in [4.69, 9.17) is 19.8 Å². The van der Waals surface area contributed by atoms with Crippen molar-refractivity contribution in [1.29, 1.82) is 0 Å². The molecule has 32 heavy (non-hydrogen) atoms. The first-order chi connectivity index (χ1) is 15.7. The highest BCUT2D eigenvalue weighted by Crippen LogP contribution is 2.28. The SMILES string of the molecule is CCc1c(C)nc2nc(-c3ccccc3)nn2c1N1CCN(c2ccc(OC)cc2)CC1. The Hall–Kier alpha value is -3.61. The lowest BCUT2D eigenvalue weighted by Crippen LogP contribution is -2.47. The summed E-state index contributed by atoms with van der Waals surface area (Å²) in [5.41, 5.74) is 4.49. The van der Waals surface area contributed by atoms with Crippen molar-refractivity contribution < 1.29 is 4.74 Å². The van der Waals surface area contributed by atoms with Crippen LogP contribution in [0.4, 0.5) is 11.5 Å². The van der Waals surface area contributed by atoms with Crippen LogP contribution in [-0.4, -0.2) is 52.9 Å². The number of piperazine rings is 1. The summed E-state index contributed by atoms with van der Waals surface area (Å²) < 4.78 is 7.24. The van der Waals surface area contributed by atoms with E-state index >= 15 is 0 Å². The molecular weight excluding hydrogens is 400 g/mol. The molecule has 0 atom stereocenters. The summed E-state index contributed by atoms with van der Waals surface area (Å²) in [5, 5.41) is 4.88. The van der Waals surface area contributed by atoms with Crippen LogP contribution in [0.5, 0.6) is 5.75 Å². The van der Waals surface area contributed by atoms with E-state index in [1.807, 2.05) is 47.0 Å². The van der Waals surface area contributed by atoms with Crippen molar-refractivity contribution in [3.63, 3.8) is 0 Å². The molecular formula is C25H28N6O. The van der Waals surface area contributed by atoms with E-state index in [0.717, 1.165) is 55.4 Å². The van der Waals surface area contributed by atoms with Crippen LogP contribution in [0.15, 0.2) is 54.6 Å². The Bertz CT molecular complexity index is 1210. The standard InChI is InChI=1S/C25H28N6O/c1-4-22-18(2)26-25-27-23(19-8-6-5-7-9-19)28-31(25)24(22)30-16-14-29(15-17-30)20-10-12-21(32-3)13-11-20/h5-13H,4,14-17H2,1-3H3. The van der Waals surface area contributed by atoms with Crippen molar-refractivity contribution in [2.24, 2.45) is 0 Å². The number of methoxy groups -OCH3 is 1. The third-order valence-electron chi connectivity index (χ3n) is 6.17. The maximum absolute atomic E-state index is 5.29. The predicted molar refractivity (Wildman–Crippen MR) is 128 cm³/mol. The summed E-state index contributed by atoms with van der Waals surface area (Å²) in [6.07, 6.45) is 0.906. The molecule has 1 saturated heterocycles. The third kappa shape index (κ3) is 3.64. The fourth-order valence-electron chi connectivity index (χ4n) is 4.44. The van der Waals surface area contributed by atoms with Gasteiger partial charge in [0.2, 0.25) is 0 Å². The number of hydrogen-bond donors (Lipinski definition) is 0. The molecule has 5 rings (SSSR count). The average molecular weight is 429 g/mol. The fraction of sp³-hybridized carbons (Fsp3) is 0.320. The lowest BCUT2D eigenvalue weighted by atomic mass is 10.1. The maximum Gasteiger partial charge on any atom is 0.254 e. The smallest absolute Gasteiger partial charge is 0.254 e. The van der Waals surface area contributed by atoms with Crippen molar-refractivity contribution in [2.45, 2.75) is 20.3 Å². The highest BCUT2D eigenvalue weighted by atomic mass is 16.5. The molecule has 0 bridgehead atoms. The average Bonchev–Trinajstić information content (AvgIpc) is 3.27. The molecule has 1 aliphatic rings. The topological polar surface area (TPSA) is 58.8 Å². The number of ether oxygens (including phenoxy) is 1. The number of nitrogens with zero attached hydrogens (tertiary/aromatic N) is 6. The Morgan fingerprint density at radius 2 is 1.56 bits per heavy atom. The van der Waals surface area contributed by atoms with Gasteiger partial charge in [-0.05, 0) is 37.6 Å². The highest BCUT2D eigenvalue weighted by molar-refractivity contribution is 5.61. The van der Waals surface area contributed by atoms with Gasteiger partial charge in [0, 0.05) is 48.7 Å². The van der Waals surface area contributed by atoms with Crippen molar-refractivity contribution in [2.75, 3.05) is 43.1 Å². The molecule has 0 spiro atoms. The molecule has 7 nitrogen and oxygen atoms in total. The van der Waals surface area contributed by atoms with Gasteiger partial charge >= 0.3 is 0 Å². The summed E-state index contributed by atoms with van der Waals surface area (Å²) in [6.45, 7) is 7.97. The van der Waals surface area contributed by atoms with E-state index in [9.17, 15) is 0 Å². The lowest BCUT2D eigenvalue weighted by Gasteiger charge is -2.38. The minimum Gasteiger partial charge on any atom is -0.497 e. The molecule has 4 aromatic rings. The van der Waals surface area contributed by atoms with Gasteiger partial charge in [-0.15, -0.1) is 5.10 Å². The maximum atomic E-state index is 5.29. The van der Waals surface area contributed by atoms with Crippen LogP contribution in [-0.2, 0) is 6.42 Å². The molecule has 0 N–H and O–H groups in total. The van der Waals surface area contributed by atoms with Gasteiger partial charge in [0.05, 0.1) is 7.11 Å². The van der Waals surface area contributed by atoms with E-state index in [2.05, 4.69) is 35.8 Å². The molecule has 1 aliphatic heterocycles. The van der Waals surface area contributed by atoms with Crippen molar-refractivity contribution in [3.8, 4) is 17.1 Å². The molecule has 0 unspecified atom stereocenters. The molecule has 0 radical (unpaired) electrons. The first kappa shape index (κ1) is 20.3. The second-order valence-electron chi connectivity index (χ2n) is 8.04. The number of anilines is 2. The molecule has 2 aromatic carbocycles. The van der Waals surface area contributed by atoms with Gasteiger partial charge in [-0.25, -0.2) is 4.98 Å². The quantitative estimate of drug-likeness (QED) is 0.479. The Balaban J connectivity index is 1.47. The molecule has 0 aliphatic carbocycles. The zero-order chi connectivity index (χ0) is 22.1. The van der Waals surface area contributed by atoms with Gasteiger partial charge in [0.1, 0.15) is 11.6 Å². The monoisotopic (exact) mass is 428 g/mol. The summed E-state index contributed by atoms with van der Waals surface area (Å²) >= 11 is 0. The fourth-order valence-corrected chi connectivity index (χ4v) is 4.44. The van der Waals surface area contributed by atoms with Crippen molar-refractivity contribution >= 4 is 17.3 Å². The lowest BCUT2D eigenvalue weighted by molar-refractivity contribution is 0.415. The Morgan fingerprint density at radius 3 is 2.22 bits per heavy atom. The number of aryl methyl sites for hydroxylation is 1. The van der Waals surface area contributed by atoms with Gasteiger partial charge < -0.3 is 14.5 Å². The summed E-state index contributed by atoms with van der Waals surface area (Å²) in [6, 6.07) is 18.4. The van der Waals surface area contributed by atoms with Gasteiger partial charge in [0.15, 0.2) is 5.82 Å². The van der Waals surface area contributed by atoms with Crippen molar-refractivity contribution in [3.05, 3.63) is 65.9 Å². The summed E-state index contributed by atoms with van der Waals surface area (Å²) in [4.78, 5) is 14.4. The first-order valence-electron chi connectivity index (χ1n) is 11.1. The van der Waals surface area contributed by atoms with Crippen molar-refractivity contribution in [1.82, 2.24) is 19.6 Å². The minimum atomic E-state index is 0.658. The van der Waals surface area contributed by atoms with Crippen LogP contribution in [0.2, 0.25) is 0 Å². The van der Waals surface area contributed by atoms with Gasteiger partial charge in [-0.1, -0.05) is 37.3 Å². The van der Waals surface area contributed by atoms with Crippen LogP contribution < -0.4 is 14.5 Å². The second kappa shape index (κ2) is 8.49. The largest absolute Gasteiger partial charge is 0.497 e. The Kier molecular flexibility index (Phi) is 5.39. The Morgan fingerprint density at radius 1 is 0.875 bits per heavy atom. The molecule has 0 saturated carbocycles. The van der Waals surface area contributed by atoms with E-state index in [1.165, 1.54) is 11.3 Å². The van der Waals surface area contributed by atoms with E-state index in [0.29, 0.717) is 11.6 Å². The van der Waals surface area contributed by atoms with Crippen LogP contribution in [0.1, 0.15) is 18.2 Å². The minimum absolute atomic E-state index is 0.658. The van der Waals surface area contributed by atoms with Crippen LogP contribution in [0.3, 0.4) is 0 Å². The van der Waals surface area contributed by atoms with Gasteiger partial charge in [-0.2, -0.15) is 9.50 Å². The van der Waals surface area contributed by atoms with E-state index < -0.39 is 0 Å². The number of rotatable bonds is 5. The normalized spacial score (nSPS) is 14.2. The number of benzene rings is 2. The molecule has 3 heterocycles. The van der Waals surface area contributed by atoms with Crippen LogP contribution in [0.25, 0.3) is 17.2 Å². The summed E-state index contributed by atoms with van der Waals surface area (Å²) in [5.74, 6) is 3.38. The van der Waals surface area contributed by atoms with Crippen LogP contribution >= 0.6 is 0 Å². The Labute approximate surface area is 188 Å². The van der Waals surface area contributed by atoms with Gasteiger partial charge in [0.25, 0.3) is 5.78 Å². The van der Waals surface area contributed by atoms with Gasteiger partial charge in [-0.3, -0.25) is 0 Å². The molecule has 1 fully saturated rings.